The van der Waals surface area contributed by atoms with Gasteiger partial charge in [-0.05, 0) is 83.2 Å². The van der Waals surface area contributed by atoms with Gasteiger partial charge in [-0.25, -0.2) is 9.59 Å². The summed E-state index contributed by atoms with van der Waals surface area (Å²) < 4.78 is 5.53. The smallest absolute Gasteiger partial charge is 0.323 e. The van der Waals surface area contributed by atoms with Crippen LogP contribution in [0.5, 0.6) is 5.75 Å². The number of likely N-dealkylation sites (tertiary alicyclic amines) is 1. The van der Waals surface area contributed by atoms with Crippen molar-refractivity contribution in [2.24, 2.45) is 0 Å². The van der Waals surface area contributed by atoms with E-state index in [1.807, 2.05) is 58.9 Å². The number of ether oxygens (including phenoxy) is 1. The minimum absolute atomic E-state index is 0.0804. The number of nitrogens with zero attached hydrogens (tertiary/aromatic N) is 4. The average Bonchev–Trinajstić information content (AvgIpc) is 3.47. The molecule has 2 aromatic carbocycles. The van der Waals surface area contributed by atoms with E-state index in [1.165, 1.54) is 7.11 Å². The first-order valence-corrected chi connectivity index (χ1v) is 17.5. The second kappa shape index (κ2) is 19.4. The lowest BCUT2D eigenvalue weighted by molar-refractivity contribution is -0.137. The van der Waals surface area contributed by atoms with Crippen LogP contribution in [0.15, 0.2) is 42.5 Å². The number of carboxylic acid groups (broad SMARTS) is 1. The molecule has 0 saturated carbocycles. The number of rotatable bonds is 18. The highest BCUT2D eigenvalue weighted by molar-refractivity contribution is 6.01. The molecule has 1 saturated heterocycles. The Labute approximate surface area is 295 Å². The number of hydrogen-bond donors (Lipinski definition) is 3. The Hall–Kier alpha value is -4.81. The van der Waals surface area contributed by atoms with E-state index in [0.29, 0.717) is 62.6 Å². The zero-order chi connectivity index (χ0) is 36.8. The number of anilines is 2. The van der Waals surface area contributed by atoms with Gasteiger partial charge in [-0.2, -0.15) is 0 Å². The van der Waals surface area contributed by atoms with Gasteiger partial charge in [-0.15, -0.1) is 0 Å². The topological polar surface area (TPSA) is 152 Å². The first-order chi connectivity index (χ1) is 23.8. The molecule has 13 nitrogen and oxygen atoms in total. The SMILES string of the molecule is COc1cc(CC(=O)N(CCCN(C(=O)N(CCCN2CCCC2=O)CCC(=O)O)C(C)C)C(C)C)ccc1NC(=O)Nc1ccccc1C. The van der Waals surface area contributed by atoms with Crippen LogP contribution in [-0.4, -0.2) is 113 Å². The third-order valence-corrected chi connectivity index (χ3v) is 8.77. The molecule has 1 heterocycles. The van der Waals surface area contributed by atoms with Crippen LogP contribution in [-0.2, 0) is 20.8 Å². The summed E-state index contributed by atoms with van der Waals surface area (Å²) in [7, 11) is 1.50. The van der Waals surface area contributed by atoms with Gasteiger partial charge in [0.05, 0.1) is 25.6 Å². The first kappa shape index (κ1) is 39.6. The van der Waals surface area contributed by atoms with Crippen molar-refractivity contribution in [1.82, 2.24) is 19.6 Å². The second-order valence-electron chi connectivity index (χ2n) is 13.2. The van der Waals surface area contributed by atoms with Crippen molar-refractivity contribution in [3.63, 3.8) is 0 Å². The highest BCUT2D eigenvalue weighted by atomic mass is 16.5. The molecule has 0 aliphatic carbocycles. The molecule has 0 spiro atoms. The minimum atomic E-state index is -0.980. The number of carbonyl (C=O) groups is 5. The van der Waals surface area contributed by atoms with Gasteiger partial charge in [-0.1, -0.05) is 24.3 Å². The molecule has 274 valence electrons. The van der Waals surface area contributed by atoms with Crippen molar-refractivity contribution in [3.8, 4) is 5.75 Å². The molecule has 3 rings (SSSR count). The summed E-state index contributed by atoms with van der Waals surface area (Å²) in [6, 6.07) is 11.8. The number of aliphatic carboxylic acids is 1. The molecular weight excluding hydrogens is 640 g/mol. The summed E-state index contributed by atoms with van der Waals surface area (Å²) in [5, 5.41) is 14.9. The van der Waals surface area contributed by atoms with E-state index < -0.39 is 12.0 Å². The largest absolute Gasteiger partial charge is 0.495 e. The number of hydrogen-bond acceptors (Lipinski definition) is 6. The number of nitrogens with one attached hydrogen (secondary N) is 2. The van der Waals surface area contributed by atoms with Crippen LogP contribution in [0.25, 0.3) is 0 Å². The zero-order valence-electron chi connectivity index (χ0n) is 30.4. The molecule has 50 heavy (non-hydrogen) atoms. The van der Waals surface area contributed by atoms with Gasteiger partial charge >= 0.3 is 18.0 Å². The number of carbonyl (C=O) groups excluding carboxylic acids is 4. The number of carboxylic acids is 1. The summed E-state index contributed by atoms with van der Waals surface area (Å²) in [6.07, 6.45) is 2.45. The molecule has 6 amide bonds. The van der Waals surface area contributed by atoms with Gasteiger partial charge in [0, 0.05) is 63.5 Å². The predicted octanol–water partition coefficient (Wildman–Crippen LogP) is 5.44. The molecule has 0 bridgehead atoms. The first-order valence-electron chi connectivity index (χ1n) is 17.5. The highest BCUT2D eigenvalue weighted by Crippen LogP contribution is 2.27. The average molecular weight is 695 g/mol. The van der Waals surface area contributed by atoms with Gasteiger partial charge in [0.1, 0.15) is 5.75 Å². The van der Waals surface area contributed by atoms with Crippen molar-refractivity contribution >= 4 is 41.2 Å². The van der Waals surface area contributed by atoms with Crippen LogP contribution in [0, 0.1) is 6.92 Å². The standard InChI is InChI=1S/C37H54N6O7/c1-26(2)42(34(45)25-29-15-16-31(32(24-29)50-6)39-36(48)38-30-13-8-7-12-28(30)5)21-11-22-43(27(3)4)37(49)41(23-17-35(46)47)20-10-19-40-18-9-14-33(40)44/h7-8,12-13,15-16,24,26-27H,9-11,14,17-23,25H2,1-6H3,(H,46,47)(H2,38,39,48). The molecular formula is C37H54N6O7. The van der Waals surface area contributed by atoms with Gasteiger partial charge in [0.2, 0.25) is 11.8 Å². The lowest BCUT2D eigenvalue weighted by Crippen LogP contribution is -2.49. The lowest BCUT2D eigenvalue weighted by Gasteiger charge is -2.34. The van der Waals surface area contributed by atoms with E-state index in [2.05, 4.69) is 10.6 Å². The summed E-state index contributed by atoms with van der Waals surface area (Å²) in [5.74, 6) is -0.515. The van der Waals surface area contributed by atoms with E-state index in [9.17, 15) is 29.1 Å². The summed E-state index contributed by atoms with van der Waals surface area (Å²) in [5.41, 5.74) is 2.83. The molecule has 0 radical (unpaired) electrons. The van der Waals surface area contributed by atoms with Crippen LogP contribution in [0.1, 0.15) is 70.9 Å². The van der Waals surface area contributed by atoms with Crippen molar-refractivity contribution in [2.45, 2.75) is 85.2 Å². The van der Waals surface area contributed by atoms with Gasteiger partial charge in [-0.3, -0.25) is 14.4 Å². The number of aryl methyl sites for hydroxylation is 1. The number of methoxy groups -OCH3 is 1. The van der Waals surface area contributed by atoms with Crippen molar-refractivity contribution in [1.29, 1.82) is 0 Å². The van der Waals surface area contributed by atoms with Crippen LogP contribution in [0.3, 0.4) is 0 Å². The predicted molar refractivity (Wildman–Crippen MR) is 193 cm³/mol. The molecule has 0 atom stereocenters. The van der Waals surface area contributed by atoms with Crippen molar-refractivity contribution < 1.29 is 33.8 Å². The fraction of sp³-hybridized carbons (Fsp3) is 0.541. The van der Waals surface area contributed by atoms with Crippen LogP contribution in [0.2, 0.25) is 0 Å². The van der Waals surface area contributed by atoms with E-state index in [4.69, 9.17) is 4.74 Å². The molecule has 1 aliphatic rings. The molecule has 3 N–H and O–H groups in total. The fourth-order valence-corrected chi connectivity index (χ4v) is 5.98. The maximum Gasteiger partial charge on any atom is 0.323 e. The van der Waals surface area contributed by atoms with Gasteiger partial charge in [0.25, 0.3) is 0 Å². The fourth-order valence-electron chi connectivity index (χ4n) is 5.98. The maximum absolute atomic E-state index is 13.7. The highest BCUT2D eigenvalue weighted by Gasteiger charge is 2.26. The normalized spacial score (nSPS) is 12.6. The third-order valence-electron chi connectivity index (χ3n) is 8.77. The maximum atomic E-state index is 13.7. The van der Waals surface area contributed by atoms with Crippen LogP contribution >= 0.6 is 0 Å². The lowest BCUT2D eigenvalue weighted by atomic mass is 10.1. The monoisotopic (exact) mass is 694 g/mol. The Morgan fingerprint density at radius 2 is 1.58 bits per heavy atom. The van der Waals surface area contributed by atoms with Crippen LogP contribution < -0.4 is 15.4 Å². The Morgan fingerprint density at radius 3 is 2.20 bits per heavy atom. The Morgan fingerprint density at radius 1 is 0.900 bits per heavy atom. The van der Waals surface area contributed by atoms with E-state index in [-0.39, 0.29) is 49.3 Å². The number of benzene rings is 2. The quantitative estimate of drug-likeness (QED) is 0.188. The van der Waals surface area contributed by atoms with E-state index in [1.54, 1.807) is 37.8 Å². The minimum Gasteiger partial charge on any atom is -0.495 e. The molecule has 1 aliphatic heterocycles. The summed E-state index contributed by atoms with van der Waals surface area (Å²) >= 11 is 0. The molecule has 0 unspecified atom stereocenters. The van der Waals surface area contributed by atoms with Crippen molar-refractivity contribution in [2.75, 3.05) is 57.0 Å². The Balaban J connectivity index is 1.60. The van der Waals surface area contributed by atoms with Crippen molar-refractivity contribution in [3.05, 3.63) is 53.6 Å². The third kappa shape index (κ3) is 12.0. The van der Waals surface area contributed by atoms with Gasteiger partial charge in [0.15, 0.2) is 0 Å². The molecule has 0 aromatic heterocycles. The molecule has 1 fully saturated rings. The number of urea groups is 2. The summed E-state index contributed by atoms with van der Waals surface area (Å²) in [4.78, 5) is 70.1. The van der Waals surface area contributed by atoms with E-state index >= 15 is 0 Å². The number of amides is 6. The molecule has 13 heteroatoms. The second-order valence-corrected chi connectivity index (χ2v) is 13.2. The zero-order valence-corrected chi connectivity index (χ0v) is 30.4. The Kier molecular flexibility index (Phi) is 15.4. The Bertz CT molecular complexity index is 1480. The van der Waals surface area contributed by atoms with Crippen LogP contribution in [0.4, 0.5) is 21.0 Å². The summed E-state index contributed by atoms with van der Waals surface area (Å²) in [6.45, 7) is 12.1. The van der Waals surface area contributed by atoms with Gasteiger partial charge < -0.3 is 40.1 Å². The van der Waals surface area contributed by atoms with E-state index in [0.717, 1.165) is 24.1 Å². The number of para-hydroxylation sites is 1. The molecule has 2 aromatic rings.